The average molecular weight is 228 g/mol. The first-order valence-corrected chi connectivity index (χ1v) is 6.25. The van der Waals surface area contributed by atoms with Crippen LogP contribution in [0.15, 0.2) is 0 Å². The predicted octanol–water partition coefficient (Wildman–Crippen LogP) is 1.01. The molecule has 2 atom stereocenters. The van der Waals surface area contributed by atoms with E-state index >= 15 is 0 Å². The first-order valence-electron chi connectivity index (χ1n) is 6.25. The highest BCUT2D eigenvalue weighted by atomic mass is 16.5. The van der Waals surface area contributed by atoms with Gasteiger partial charge in [0.25, 0.3) is 0 Å². The molecule has 1 saturated heterocycles. The fraction of sp³-hybridized carbons (Fsp3) is 0.917. The van der Waals surface area contributed by atoms with E-state index < -0.39 is 0 Å². The Labute approximate surface area is 98.3 Å². The number of likely N-dealkylation sites (N-methyl/N-ethyl adjacent to an activating group) is 1. The third kappa shape index (κ3) is 4.10. The van der Waals surface area contributed by atoms with E-state index in [0.29, 0.717) is 12.6 Å². The van der Waals surface area contributed by atoms with Crippen molar-refractivity contribution in [1.29, 1.82) is 0 Å². The van der Waals surface area contributed by atoms with E-state index in [1.807, 2.05) is 13.8 Å². The molecule has 0 bridgehead atoms. The van der Waals surface area contributed by atoms with E-state index in [0.717, 1.165) is 6.54 Å². The van der Waals surface area contributed by atoms with Crippen molar-refractivity contribution in [3.63, 3.8) is 0 Å². The monoisotopic (exact) mass is 228 g/mol. The molecule has 1 heterocycles. The van der Waals surface area contributed by atoms with Crippen LogP contribution in [-0.2, 0) is 9.53 Å². The molecule has 16 heavy (non-hydrogen) atoms. The van der Waals surface area contributed by atoms with Crippen molar-refractivity contribution < 1.29 is 9.53 Å². The molecule has 0 spiro atoms. The van der Waals surface area contributed by atoms with Crippen molar-refractivity contribution in [2.75, 3.05) is 26.7 Å². The van der Waals surface area contributed by atoms with Gasteiger partial charge in [-0.2, -0.15) is 0 Å². The number of nitrogens with zero attached hydrogens (tertiary/aromatic N) is 1. The molecule has 0 aromatic heterocycles. The maximum absolute atomic E-state index is 11.4. The van der Waals surface area contributed by atoms with Crippen molar-refractivity contribution in [2.24, 2.45) is 0 Å². The first kappa shape index (κ1) is 13.5. The maximum atomic E-state index is 11.4. The Balaban J connectivity index is 2.24. The molecule has 0 aliphatic carbocycles. The molecule has 0 saturated carbocycles. The second kappa shape index (κ2) is 6.86. The number of hydrogen-bond acceptors (Lipinski definition) is 4. The van der Waals surface area contributed by atoms with Gasteiger partial charge in [0.15, 0.2) is 0 Å². The number of ether oxygens (including phenoxy) is 1. The largest absolute Gasteiger partial charge is 0.465 e. The van der Waals surface area contributed by atoms with Crippen LogP contribution in [0.5, 0.6) is 0 Å². The number of nitrogens with one attached hydrogen (secondary N) is 1. The summed E-state index contributed by atoms with van der Waals surface area (Å²) in [7, 11) is 2.15. The third-order valence-electron chi connectivity index (χ3n) is 3.22. The summed E-state index contributed by atoms with van der Waals surface area (Å²) in [6, 6.07) is 0.362. The normalized spacial score (nSPS) is 24.1. The Morgan fingerprint density at radius 3 is 2.94 bits per heavy atom. The number of carbonyl (C=O) groups excluding carboxylic acids is 1. The molecular formula is C12H24N2O2. The molecule has 0 amide bonds. The number of esters is 1. The van der Waals surface area contributed by atoms with Gasteiger partial charge >= 0.3 is 5.97 Å². The number of likely N-dealkylation sites (tertiary alicyclic amines) is 1. The summed E-state index contributed by atoms with van der Waals surface area (Å²) >= 11 is 0. The van der Waals surface area contributed by atoms with Gasteiger partial charge in [-0.05, 0) is 40.3 Å². The van der Waals surface area contributed by atoms with Gasteiger partial charge in [-0.1, -0.05) is 6.42 Å². The molecule has 1 N–H and O–H groups in total. The van der Waals surface area contributed by atoms with Crippen LogP contribution in [0.25, 0.3) is 0 Å². The highest BCUT2D eigenvalue weighted by Gasteiger charge is 2.21. The van der Waals surface area contributed by atoms with E-state index in [-0.39, 0.29) is 12.0 Å². The highest BCUT2D eigenvalue weighted by Crippen LogP contribution is 2.14. The molecular weight excluding hydrogens is 204 g/mol. The fourth-order valence-corrected chi connectivity index (χ4v) is 2.07. The SMILES string of the molecule is CCOC(=O)C(C)NCC1CCCCN1C. The minimum absolute atomic E-state index is 0.152. The Morgan fingerprint density at radius 1 is 1.56 bits per heavy atom. The van der Waals surface area contributed by atoms with Crippen LogP contribution in [0.1, 0.15) is 33.1 Å². The Hall–Kier alpha value is -0.610. The van der Waals surface area contributed by atoms with Crippen molar-refractivity contribution in [3.05, 3.63) is 0 Å². The molecule has 1 aliphatic heterocycles. The number of piperidine rings is 1. The summed E-state index contributed by atoms with van der Waals surface area (Å²) in [5, 5.41) is 3.25. The zero-order valence-electron chi connectivity index (χ0n) is 10.7. The summed E-state index contributed by atoms with van der Waals surface area (Å²) in [4.78, 5) is 13.8. The van der Waals surface area contributed by atoms with Crippen molar-refractivity contribution in [1.82, 2.24) is 10.2 Å². The van der Waals surface area contributed by atoms with E-state index in [2.05, 4.69) is 17.3 Å². The lowest BCUT2D eigenvalue weighted by atomic mass is 10.0. The summed E-state index contributed by atoms with van der Waals surface area (Å²) in [6.45, 7) is 6.19. The zero-order valence-corrected chi connectivity index (χ0v) is 10.7. The smallest absolute Gasteiger partial charge is 0.322 e. The van der Waals surface area contributed by atoms with Crippen LogP contribution in [0, 0.1) is 0 Å². The molecule has 2 unspecified atom stereocenters. The lowest BCUT2D eigenvalue weighted by Gasteiger charge is -2.33. The number of rotatable bonds is 5. The minimum Gasteiger partial charge on any atom is -0.465 e. The van der Waals surface area contributed by atoms with Crippen molar-refractivity contribution in [2.45, 2.75) is 45.2 Å². The number of hydrogen-bond donors (Lipinski definition) is 1. The van der Waals surface area contributed by atoms with Gasteiger partial charge < -0.3 is 15.0 Å². The molecule has 0 aromatic carbocycles. The van der Waals surface area contributed by atoms with Crippen LogP contribution >= 0.6 is 0 Å². The maximum Gasteiger partial charge on any atom is 0.322 e. The van der Waals surface area contributed by atoms with Gasteiger partial charge in [-0.15, -0.1) is 0 Å². The van der Waals surface area contributed by atoms with Crippen LogP contribution in [0.3, 0.4) is 0 Å². The zero-order chi connectivity index (χ0) is 12.0. The van der Waals surface area contributed by atoms with Crippen LogP contribution in [0.4, 0.5) is 0 Å². The van der Waals surface area contributed by atoms with Gasteiger partial charge in [-0.3, -0.25) is 4.79 Å². The summed E-state index contributed by atoms with van der Waals surface area (Å²) in [5.74, 6) is -0.152. The Kier molecular flexibility index (Phi) is 5.77. The molecule has 94 valence electrons. The molecule has 1 rings (SSSR count). The predicted molar refractivity (Wildman–Crippen MR) is 64.4 cm³/mol. The lowest BCUT2D eigenvalue weighted by molar-refractivity contribution is -0.145. The summed E-state index contributed by atoms with van der Waals surface area (Å²) in [6.07, 6.45) is 3.81. The number of carbonyl (C=O) groups is 1. The summed E-state index contributed by atoms with van der Waals surface area (Å²) < 4.78 is 4.96. The molecule has 4 heteroatoms. The van der Waals surface area contributed by atoms with Crippen molar-refractivity contribution in [3.8, 4) is 0 Å². The molecule has 1 fully saturated rings. The first-order chi connectivity index (χ1) is 7.65. The van der Waals surface area contributed by atoms with Crippen LogP contribution in [-0.4, -0.2) is 49.7 Å². The molecule has 0 radical (unpaired) electrons. The van der Waals surface area contributed by atoms with Gasteiger partial charge in [0.1, 0.15) is 6.04 Å². The van der Waals surface area contributed by atoms with Gasteiger partial charge in [-0.25, -0.2) is 0 Å². The fourth-order valence-electron chi connectivity index (χ4n) is 2.07. The van der Waals surface area contributed by atoms with Crippen LogP contribution in [0.2, 0.25) is 0 Å². The average Bonchev–Trinajstić information content (AvgIpc) is 2.28. The highest BCUT2D eigenvalue weighted by molar-refractivity contribution is 5.75. The third-order valence-corrected chi connectivity index (χ3v) is 3.22. The minimum atomic E-state index is -0.199. The summed E-state index contributed by atoms with van der Waals surface area (Å²) in [5.41, 5.74) is 0. The molecule has 4 nitrogen and oxygen atoms in total. The second-order valence-electron chi connectivity index (χ2n) is 4.51. The van der Waals surface area contributed by atoms with Gasteiger partial charge in [0.2, 0.25) is 0 Å². The second-order valence-corrected chi connectivity index (χ2v) is 4.51. The van der Waals surface area contributed by atoms with E-state index in [1.165, 1.54) is 25.8 Å². The Bertz CT molecular complexity index is 221. The Morgan fingerprint density at radius 2 is 2.31 bits per heavy atom. The van der Waals surface area contributed by atoms with Crippen LogP contribution < -0.4 is 5.32 Å². The van der Waals surface area contributed by atoms with Crippen molar-refractivity contribution >= 4 is 5.97 Å². The topological polar surface area (TPSA) is 41.6 Å². The van der Waals surface area contributed by atoms with Gasteiger partial charge in [0.05, 0.1) is 6.61 Å². The quantitative estimate of drug-likeness (QED) is 0.713. The molecule has 1 aliphatic rings. The standard InChI is InChI=1S/C12H24N2O2/c1-4-16-12(15)10(2)13-9-11-7-5-6-8-14(11)3/h10-11,13H,4-9H2,1-3H3. The van der Waals surface area contributed by atoms with E-state index in [4.69, 9.17) is 4.74 Å². The molecule has 0 aromatic rings. The lowest BCUT2D eigenvalue weighted by Crippen LogP contribution is -2.47. The van der Waals surface area contributed by atoms with E-state index in [9.17, 15) is 4.79 Å². The van der Waals surface area contributed by atoms with E-state index in [1.54, 1.807) is 0 Å². The van der Waals surface area contributed by atoms with Gasteiger partial charge in [0, 0.05) is 12.6 Å².